The molecular weight excluding hydrogens is 264 g/mol. The van der Waals surface area contributed by atoms with Crippen molar-refractivity contribution in [2.75, 3.05) is 13.6 Å². The van der Waals surface area contributed by atoms with Crippen molar-refractivity contribution >= 4 is 17.5 Å². The molecule has 0 saturated carbocycles. The van der Waals surface area contributed by atoms with Crippen molar-refractivity contribution < 1.29 is 14.7 Å². The van der Waals surface area contributed by atoms with E-state index in [4.69, 9.17) is 5.11 Å². The highest BCUT2D eigenvalue weighted by atomic mass is 16.4. The monoisotopic (exact) mass is 278 g/mol. The van der Waals surface area contributed by atoms with Crippen LogP contribution in [0.25, 0.3) is 5.65 Å². The van der Waals surface area contributed by atoms with Crippen LogP contribution < -0.4 is 5.69 Å². The molecule has 2 heterocycles. The molecule has 0 radical (unpaired) electrons. The molecule has 0 aliphatic carbocycles. The highest BCUT2D eigenvalue weighted by Gasteiger charge is 2.14. The summed E-state index contributed by atoms with van der Waals surface area (Å²) in [6.45, 7) is -0.118. The Morgan fingerprint density at radius 2 is 2.15 bits per heavy atom. The van der Waals surface area contributed by atoms with Gasteiger partial charge in [0, 0.05) is 19.8 Å². The first-order valence-corrected chi connectivity index (χ1v) is 5.99. The number of rotatable bonds is 5. The molecule has 0 unspecified atom stereocenters. The number of nitrogens with zero attached hydrogens (tertiary/aromatic N) is 4. The molecule has 0 fully saturated rings. The van der Waals surface area contributed by atoms with Crippen molar-refractivity contribution in [3.05, 3.63) is 34.9 Å². The number of pyridine rings is 1. The van der Waals surface area contributed by atoms with Crippen LogP contribution in [-0.4, -0.2) is 49.7 Å². The van der Waals surface area contributed by atoms with Gasteiger partial charge < -0.3 is 10.0 Å². The number of amides is 1. The third kappa shape index (κ3) is 2.85. The van der Waals surface area contributed by atoms with Crippen LogP contribution in [0.1, 0.15) is 6.42 Å². The highest BCUT2D eigenvalue weighted by molar-refractivity contribution is 5.76. The van der Waals surface area contributed by atoms with Crippen molar-refractivity contribution in [1.82, 2.24) is 19.1 Å². The Morgan fingerprint density at radius 1 is 1.40 bits per heavy atom. The van der Waals surface area contributed by atoms with Gasteiger partial charge in [0.1, 0.15) is 6.54 Å². The average molecular weight is 278 g/mol. The van der Waals surface area contributed by atoms with E-state index in [9.17, 15) is 14.4 Å². The Hall–Kier alpha value is -2.64. The normalized spacial score (nSPS) is 10.7. The molecule has 0 spiro atoms. The summed E-state index contributed by atoms with van der Waals surface area (Å²) in [6.07, 6.45) is 1.43. The smallest absolute Gasteiger partial charge is 0.350 e. The number of fused-ring (bicyclic) bond motifs is 1. The van der Waals surface area contributed by atoms with E-state index in [1.54, 1.807) is 24.4 Å². The number of carboxylic acids is 1. The Balaban J connectivity index is 2.12. The number of hydrogen-bond acceptors (Lipinski definition) is 4. The maximum Gasteiger partial charge on any atom is 0.350 e. The molecule has 0 atom stereocenters. The Labute approximate surface area is 113 Å². The third-order valence-corrected chi connectivity index (χ3v) is 2.86. The molecule has 20 heavy (non-hydrogen) atoms. The summed E-state index contributed by atoms with van der Waals surface area (Å²) in [5.74, 6) is -1.34. The Bertz CT molecular complexity index is 703. The van der Waals surface area contributed by atoms with Gasteiger partial charge in [-0.1, -0.05) is 6.07 Å². The van der Waals surface area contributed by atoms with Crippen LogP contribution in [0.5, 0.6) is 0 Å². The zero-order chi connectivity index (χ0) is 14.7. The van der Waals surface area contributed by atoms with Crippen molar-refractivity contribution in [2.24, 2.45) is 0 Å². The highest BCUT2D eigenvalue weighted by Crippen LogP contribution is 1.96. The quantitative estimate of drug-likeness (QED) is 0.790. The van der Waals surface area contributed by atoms with Gasteiger partial charge in [-0.05, 0) is 12.1 Å². The minimum atomic E-state index is -0.977. The van der Waals surface area contributed by atoms with Crippen LogP contribution in [0.2, 0.25) is 0 Å². The van der Waals surface area contributed by atoms with Crippen LogP contribution in [0.15, 0.2) is 29.2 Å². The molecule has 2 rings (SSSR count). The first-order chi connectivity index (χ1) is 9.49. The largest absolute Gasteiger partial charge is 0.481 e. The molecule has 0 bridgehead atoms. The molecule has 0 aliphatic heterocycles. The van der Waals surface area contributed by atoms with E-state index in [0.29, 0.717) is 5.65 Å². The molecule has 0 aromatic carbocycles. The van der Waals surface area contributed by atoms with Crippen molar-refractivity contribution in [1.29, 1.82) is 0 Å². The Morgan fingerprint density at radius 3 is 2.80 bits per heavy atom. The summed E-state index contributed by atoms with van der Waals surface area (Å²) < 4.78 is 2.40. The summed E-state index contributed by atoms with van der Waals surface area (Å²) >= 11 is 0. The lowest BCUT2D eigenvalue weighted by Crippen LogP contribution is -2.35. The van der Waals surface area contributed by atoms with Gasteiger partial charge in [-0.15, -0.1) is 5.10 Å². The first-order valence-electron chi connectivity index (χ1n) is 5.99. The molecule has 8 heteroatoms. The van der Waals surface area contributed by atoms with E-state index in [1.807, 2.05) is 0 Å². The van der Waals surface area contributed by atoms with Gasteiger partial charge in [-0.2, -0.15) is 0 Å². The van der Waals surface area contributed by atoms with E-state index in [1.165, 1.54) is 16.3 Å². The molecule has 1 N–H and O–H groups in total. The van der Waals surface area contributed by atoms with E-state index in [-0.39, 0.29) is 25.4 Å². The predicted octanol–water partition coefficient (Wildman–Crippen LogP) is -0.571. The Kier molecular flexibility index (Phi) is 3.83. The summed E-state index contributed by atoms with van der Waals surface area (Å²) in [6, 6.07) is 5.10. The number of aromatic nitrogens is 3. The molecule has 106 valence electrons. The van der Waals surface area contributed by atoms with Gasteiger partial charge >= 0.3 is 11.7 Å². The number of carbonyl (C=O) groups is 2. The summed E-state index contributed by atoms with van der Waals surface area (Å²) in [5, 5.41) is 12.6. The number of aliphatic carboxylic acids is 1. The molecule has 8 nitrogen and oxygen atoms in total. The molecule has 2 aromatic rings. The third-order valence-electron chi connectivity index (χ3n) is 2.86. The predicted molar refractivity (Wildman–Crippen MR) is 69.3 cm³/mol. The minimum absolute atomic E-state index is 0.0935. The fourth-order valence-corrected chi connectivity index (χ4v) is 1.71. The van der Waals surface area contributed by atoms with Crippen molar-refractivity contribution in [3.63, 3.8) is 0 Å². The first kappa shape index (κ1) is 13.8. The van der Waals surface area contributed by atoms with Crippen LogP contribution >= 0.6 is 0 Å². The molecule has 0 aliphatic rings. The topological polar surface area (TPSA) is 96.9 Å². The maximum absolute atomic E-state index is 12.0. The molecule has 0 saturated heterocycles. The van der Waals surface area contributed by atoms with E-state index >= 15 is 0 Å². The van der Waals surface area contributed by atoms with Gasteiger partial charge in [-0.3, -0.25) is 14.0 Å². The molecular formula is C12H14N4O4. The van der Waals surface area contributed by atoms with Gasteiger partial charge in [0.15, 0.2) is 5.65 Å². The second-order valence-electron chi connectivity index (χ2n) is 4.33. The van der Waals surface area contributed by atoms with E-state index in [0.717, 1.165) is 4.68 Å². The second kappa shape index (κ2) is 5.55. The van der Waals surface area contributed by atoms with Crippen molar-refractivity contribution in [2.45, 2.75) is 13.0 Å². The zero-order valence-corrected chi connectivity index (χ0v) is 10.9. The maximum atomic E-state index is 12.0. The van der Waals surface area contributed by atoms with Gasteiger partial charge in [0.25, 0.3) is 0 Å². The van der Waals surface area contributed by atoms with Crippen LogP contribution in [0.4, 0.5) is 0 Å². The van der Waals surface area contributed by atoms with Gasteiger partial charge in [-0.25, -0.2) is 9.48 Å². The zero-order valence-electron chi connectivity index (χ0n) is 10.9. The fraction of sp³-hybridized carbons (Fsp3) is 0.333. The summed E-state index contributed by atoms with van der Waals surface area (Å²) in [7, 11) is 1.49. The summed E-state index contributed by atoms with van der Waals surface area (Å²) in [4.78, 5) is 35.5. The number of carboxylic acid groups (broad SMARTS) is 1. The minimum Gasteiger partial charge on any atom is -0.481 e. The SMILES string of the molecule is CN(CCC(=O)O)C(=O)Cn1nc2ccccn2c1=O. The van der Waals surface area contributed by atoms with Crippen LogP contribution in [0, 0.1) is 0 Å². The van der Waals surface area contributed by atoms with Gasteiger partial charge in [0.05, 0.1) is 6.42 Å². The standard InChI is InChI=1S/C12H14N4O4/c1-14(7-5-11(18)19)10(17)8-16-12(20)15-6-3-2-4-9(15)13-16/h2-4,6H,5,7-8H2,1H3,(H,18,19). The average Bonchev–Trinajstić information content (AvgIpc) is 2.73. The lowest BCUT2D eigenvalue weighted by molar-refractivity contribution is -0.138. The van der Waals surface area contributed by atoms with Crippen molar-refractivity contribution in [3.8, 4) is 0 Å². The second-order valence-corrected chi connectivity index (χ2v) is 4.33. The summed E-state index contributed by atoms with van der Waals surface area (Å²) in [5.41, 5.74) is 0.0547. The number of likely N-dealkylation sites (N-methyl/N-ethyl adjacent to an activating group) is 1. The van der Waals surface area contributed by atoms with Crippen LogP contribution in [-0.2, 0) is 16.1 Å². The van der Waals surface area contributed by atoms with Crippen LogP contribution in [0.3, 0.4) is 0 Å². The number of hydrogen-bond donors (Lipinski definition) is 1. The molecule has 2 aromatic heterocycles. The number of carbonyl (C=O) groups excluding carboxylic acids is 1. The fourth-order valence-electron chi connectivity index (χ4n) is 1.71. The lowest BCUT2D eigenvalue weighted by atomic mass is 10.4. The van der Waals surface area contributed by atoms with E-state index < -0.39 is 11.7 Å². The lowest BCUT2D eigenvalue weighted by Gasteiger charge is -2.15. The van der Waals surface area contributed by atoms with Gasteiger partial charge in [0.2, 0.25) is 5.91 Å². The molecule has 1 amide bonds. The van der Waals surface area contributed by atoms with E-state index in [2.05, 4.69) is 5.10 Å².